The molecule has 0 amide bonds. The van der Waals surface area contributed by atoms with Crippen LogP contribution < -0.4 is 10.2 Å². The van der Waals surface area contributed by atoms with Gasteiger partial charge in [0.25, 0.3) is 0 Å². The van der Waals surface area contributed by atoms with Gasteiger partial charge < -0.3 is 10.2 Å². The van der Waals surface area contributed by atoms with Crippen LogP contribution in [-0.4, -0.2) is 25.7 Å². The first kappa shape index (κ1) is 12.0. The van der Waals surface area contributed by atoms with E-state index in [1.165, 1.54) is 0 Å². The Morgan fingerprint density at radius 2 is 2.00 bits per heavy atom. The first-order valence-corrected chi connectivity index (χ1v) is 6.39. The molecule has 16 heavy (non-hydrogen) atoms. The average Bonchev–Trinajstić information content (AvgIpc) is 2.28. The van der Waals surface area contributed by atoms with E-state index in [-0.39, 0.29) is 0 Å². The van der Waals surface area contributed by atoms with E-state index in [0.29, 0.717) is 16.1 Å². The molecule has 4 heteroatoms. The smallest absolute Gasteiger partial charge is 0.0441 e. The van der Waals surface area contributed by atoms with Gasteiger partial charge in [-0.25, -0.2) is 0 Å². The number of benzene rings is 1. The summed E-state index contributed by atoms with van der Waals surface area (Å²) in [7, 11) is 0. The van der Waals surface area contributed by atoms with E-state index < -0.39 is 0 Å². The summed E-state index contributed by atoms with van der Waals surface area (Å²) in [6.45, 7) is 5.25. The lowest BCUT2D eigenvalue weighted by Gasteiger charge is -2.35. The predicted molar refractivity (Wildman–Crippen MR) is 70.8 cm³/mol. The highest BCUT2D eigenvalue weighted by Crippen LogP contribution is 2.26. The lowest BCUT2D eigenvalue weighted by atomic mass is 10.1. The van der Waals surface area contributed by atoms with E-state index in [1.54, 1.807) is 6.07 Å². The van der Waals surface area contributed by atoms with E-state index in [1.807, 2.05) is 12.1 Å². The summed E-state index contributed by atoms with van der Waals surface area (Å²) in [6, 6.07) is 6.29. The minimum absolute atomic E-state index is 0.562. The van der Waals surface area contributed by atoms with E-state index in [2.05, 4.69) is 17.1 Å². The molecule has 1 unspecified atom stereocenters. The highest BCUT2D eigenvalue weighted by molar-refractivity contribution is 6.35. The van der Waals surface area contributed by atoms with Crippen molar-refractivity contribution in [3.63, 3.8) is 0 Å². The van der Waals surface area contributed by atoms with Crippen LogP contribution >= 0.6 is 23.2 Å². The molecule has 88 valence electrons. The molecule has 0 radical (unpaired) electrons. The standard InChI is InChI=1S/C12H16Cl2N2/c1-2-11-8-16(4-3-15-11)12-6-9(13)5-10(14)7-12/h5-7,11,15H,2-4,8H2,1H3. The Labute approximate surface area is 107 Å². The SMILES string of the molecule is CCC1CN(c2cc(Cl)cc(Cl)c2)CCN1. The number of halogens is 2. The Balaban J connectivity index is 2.16. The van der Waals surface area contributed by atoms with Gasteiger partial charge in [-0.2, -0.15) is 0 Å². The van der Waals surface area contributed by atoms with Gasteiger partial charge >= 0.3 is 0 Å². The van der Waals surface area contributed by atoms with Crippen LogP contribution in [0.25, 0.3) is 0 Å². The van der Waals surface area contributed by atoms with Crippen molar-refractivity contribution in [3.8, 4) is 0 Å². The van der Waals surface area contributed by atoms with Crippen molar-refractivity contribution in [2.75, 3.05) is 24.5 Å². The van der Waals surface area contributed by atoms with Crippen molar-refractivity contribution < 1.29 is 0 Å². The molecule has 1 fully saturated rings. The summed E-state index contributed by atoms with van der Waals surface area (Å²) in [5.74, 6) is 0. The lowest BCUT2D eigenvalue weighted by Crippen LogP contribution is -2.50. The maximum atomic E-state index is 6.01. The number of piperazine rings is 1. The molecule has 1 heterocycles. The molecule has 1 aromatic carbocycles. The second-order valence-electron chi connectivity index (χ2n) is 4.13. The van der Waals surface area contributed by atoms with E-state index >= 15 is 0 Å². The maximum Gasteiger partial charge on any atom is 0.0441 e. The van der Waals surface area contributed by atoms with E-state index in [4.69, 9.17) is 23.2 Å². The fourth-order valence-corrected chi connectivity index (χ4v) is 2.57. The van der Waals surface area contributed by atoms with Crippen LogP contribution in [0.4, 0.5) is 5.69 Å². The van der Waals surface area contributed by atoms with Crippen LogP contribution in [0.2, 0.25) is 10.0 Å². The molecule has 1 aliphatic rings. The van der Waals surface area contributed by atoms with Crippen molar-refractivity contribution in [1.82, 2.24) is 5.32 Å². The van der Waals surface area contributed by atoms with Crippen molar-refractivity contribution in [1.29, 1.82) is 0 Å². The fraction of sp³-hybridized carbons (Fsp3) is 0.500. The molecule has 0 aromatic heterocycles. The molecule has 0 saturated carbocycles. The molecule has 1 saturated heterocycles. The van der Waals surface area contributed by atoms with Gasteiger partial charge in [-0.1, -0.05) is 30.1 Å². The topological polar surface area (TPSA) is 15.3 Å². The normalized spacial score (nSPS) is 21.2. The minimum atomic E-state index is 0.562. The molecule has 0 spiro atoms. The van der Waals surface area contributed by atoms with E-state index in [0.717, 1.165) is 31.7 Å². The lowest BCUT2D eigenvalue weighted by molar-refractivity contribution is 0.447. The number of nitrogens with zero attached hydrogens (tertiary/aromatic N) is 1. The number of hydrogen-bond acceptors (Lipinski definition) is 2. The number of nitrogens with one attached hydrogen (secondary N) is 1. The monoisotopic (exact) mass is 258 g/mol. The first-order valence-electron chi connectivity index (χ1n) is 5.63. The Kier molecular flexibility index (Phi) is 3.95. The van der Waals surface area contributed by atoms with Crippen LogP contribution in [-0.2, 0) is 0 Å². The summed E-state index contributed by atoms with van der Waals surface area (Å²) in [6.07, 6.45) is 1.14. The van der Waals surface area contributed by atoms with Gasteiger partial charge in [-0.05, 0) is 24.6 Å². The quantitative estimate of drug-likeness (QED) is 0.877. The number of hydrogen-bond donors (Lipinski definition) is 1. The summed E-state index contributed by atoms with van der Waals surface area (Å²) in [4.78, 5) is 2.34. The van der Waals surface area contributed by atoms with Crippen LogP contribution in [0.5, 0.6) is 0 Å². The Morgan fingerprint density at radius 1 is 1.31 bits per heavy atom. The van der Waals surface area contributed by atoms with Crippen LogP contribution in [0.15, 0.2) is 18.2 Å². The molecule has 2 nitrogen and oxygen atoms in total. The van der Waals surface area contributed by atoms with Gasteiger partial charge in [0.2, 0.25) is 0 Å². The zero-order chi connectivity index (χ0) is 11.5. The van der Waals surface area contributed by atoms with Crippen LogP contribution in [0, 0.1) is 0 Å². The molecule has 1 atom stereocenters. The molecule has 0 bridgehead atoms. The molecule has 1 aromatic rings. The zero-order valence-electron chi connectivity index (χ0n) is 9.34. The third kappa shape index (κ3) is 2.82. The van der Waals surface area contributed by atoms with Gasteiger partial charge in [-0.15, -0.1) is 0 Å². The summed E-state index contributed by atoms with van der Waals surface area (Å²) < 4.78 is 0. The largest absolute Gasteiger partial charge is 0.369 e. The summed E-state index contributed by atoms with van der Waals surface area (Å²) in [5.41, 5.74) is 1.12. The number of anilines is 1. The Hall–Kier alpha value is -0.440. The van der Waals surface area contributed by atoms with Crippen molar-refractivity contribution in [3.05, 3.63) is 28.2 Å². The molecular formula is C12H16Cl2N2. The van der Waals surface area contributed by atoms with Gasteiger partial charge in [-0.3, -0.25) is 0 Å². The molecule has 1 aliphatic heterocycles. The fourth-order valence-electron chi connectivity index (χ4n) is 2.06. The number of rotatable bonds is 2. The summed E-state index contributed by atoms with van der Waals surface area (Å²) in [5, 5.41) is 4.90. The summed E-state index contributed by atoms with van der Waals surface area (Å²) >= 11 is 12.0. The van der Waals surface area contributed by atoms with Gasteiger partial charge in [0.1, 0.15) is 0 Å². The van der Waals surface area contributed by atoms with Crippen molar-refractivity contribution in [2.45, 2.75) is 19.4 Å². The molecular weight excluding hydrogens is 243 g/mol. The van der Waals surface area contributed by atoms with Gasteiger partial charge in [0.05, 0.1) is 0 Å². The predicted octanol–water partition coefficient (Wildman–Crippen LogP) is 3.18. The maximum absolute atomic E-state index is 6.01. The third-order valence-corrected chi connectivity index (χ3v) is 3.40. The Morgan fingerprint density at radius 3 is 2.62 bits per heavy atom. The first-order chi connectivity index (χ1) is 7.69. The third-order valence-electron chi connectivity index (χ3n) is 2.96. The van der Waals surface area contributed by atoms with Crippen LogP contribution in [0.3, 0.4) is 0 Å². The van der Waals surface area contributed by atoms with Crippen molar-refractivity contribution in [2.24, 2.45) is 0 Å². The zero-order valence-corrected chi connectivity index (χ0v) is 10.9. The molecule has 0 aliphatic carbocycles. The minimum Gasteiger partial charge on any atom is -0.369 e. The van der Waals surface area contributed by atoms with Crippen molar-refractivity contribution >= 4 is 28.9 Å². The average molecular weight is 259 g/mol. The van der Waals surface area contributed by atoms with Gasteiger partial charge in [0.15, 0.2) is 0 Å². The highest BCUT2D eigenvalue weighted by atomic mass is 35.5. The van der Waals surface area contributed by atoms with Crippen LogP contribution in [0.1, 0.15) is 13.3 Å². The second kappa shape index (κ2) is 5.26. The van der Waals surface area contributed by atoms with E-state index in [9.17, 15) is 0 Å². The molecule has 2 rings (SSSR count). The van der Waals surface area contributed by atoms with Gasteiger partial charge in [0, 0.05) is 41.4 Å². The Bertz CT molecular complexity index is 348. The molecule has 1 N–H and O–H groups in total. The second-order valence-corrected chi connectivity index (χ2v) is 5.01. The highest BCUT2D eigenvalue weighted by Gasteiger charge is 2.18.